The summed E-state index contributed by atoms with van der Waals surface area (Å²) in [4.78, 5) is 40.7. The first kappa shape index (κ1) is 19.9. The molecule has 0 spiro atoms. The zero-order valence-corrected chi connectivity index (χ0v) is 16.4. The van der Waals surface area contributed by atoms with E-state index in [4.69, 9.17) is 0 Å². The largest absolute Gasteiger partial charge is 0.322 e. The molecule has 146 valence electrons. The molecule has 29 heavy (non-hydrogen) atoms. The molecule has 2 aromatic carbocycles. The molecule has 0 radical (unpaired) electrons. The van der Waals surface area contributed by atoms with E-state index in [0.29, 0.717) is 16.8 Å². The third-order valence-corrected chi connectivity index (χ3v) is 4.63. The van der Waals surface area contributed by atoms with Crippen LogP contribution in [-0.4, -0.2) is 22.6 Å². The lowest BCUT2D eigenvalue weighted by Gasteiger charge is -2.11. The Morgan fingerprint density at radius 1 is 0.828 bits per heavy atom. The molecule has 0 unspecified atom stereocenters. The van der Waals surface area contributed by atoms with Gasteiger partial charge in [0, 0.05) is 28.7 Å². The highest BCUT2D eigenvalue weighted by molar-refractivity contribution is 6.08. The summed E-state index contributed by atoms with van der Waals surface area (Å²) in [6, 6.07) is 15.3. The number of amides is 2. The fourth-order valence-electron chi connectivity index (χ4n) is 2.79. The van der Waals surface area contributed by atoms with Crippen molar-refractivity contribution in [1.29, 1.82) is 0 Å². The second-order valence-electron chi connectivity index (χ2n) is 6.72. The number of carbonyl (C=O) groups is 3. The van der Waals surface area contributed by atoms with E-state index in [-0.39, 0.29) is 17.4 Å². The number of nitrogens with zero attached hydrogens (tertiary/aromatic N) is 1. The van der Waals surface area contributed by atoms with E-state index in [0.717, 1.165) is 16.8 Å². The molecule has 1 heterocycles. The van der Waals surface area contributed by atoms with Crippen LogP contribution in [0.25, 0.3) is 0 Å². The maximum absolute atomic E-state index is 12.6. The number of aromatic nitrogens is 1. The second kappa shape index (κ2) is 8.48. The predicted octanol–water partition coefficient (Wildman–Crippen LogP) is 4.41. The van der Waals surface area contributed by atoms with Crippen molar-refractivity contribution in [1.82, 2.24) is 4.98 Å². The third kappa shape index (κ3) is 4.73. The molecule has 3 rings (SSSR count). The van der Waals surface area contributed by atoms with Crippen LogP contribution in [0.4, 0.5) is 11.4 Å². The number of rotatable bonds is 5. The number of ketones is 1. The predicted molar refractivity (Wildman–Crippen MR) is 113 cm³/mol. The van der Waals surface area contributed by atoms with Gasteiger partial charge >= 0.3 is 0 Å². The minimum Gasteiger partial charge on any atom is -0.322 e. The molecule has 1 aromatic heterocycles. The molecule has 2 amide bonds. The van der Waals surface area contributed by atoms with Crippen LogP contribution in [-0.2, 0) is 0 Å². The summed E-state index contributed by atoms with van der Waals surface area (Å²) in [6.45, 7) is 5.37. The lowest BCUT2D eigenvalue weighted by Crippen LogP contribution is -2.17. The van der Waals surface area contributed by atoms with Crippen molar-refractivity contribution in [3.8, 4) is 0 Å². The molecule has 0 atom stereocenters. The van der Waals surface area contributed by atoms with Gasteiger partial charge in [-0.1, -0.05) is 24.3 Å². The van der Waals surface area contributed by atoms with Gasteiger partial charge in [0.25, 0.3) is 11.8 Å². The molecule has 0 saturated heterocycles. The summed E-state index contributed by atoms with van der Waals surface area (Å²) in [5.74, 6) is -0.884. The summed E-state index contributed by atoms with van der Waals surface area (Å²) < 4.78 is 0. The van der Waals surface area contributed by atoms with Crippen molar-refractivity contribution in [2.24, 2.45) is 0 Å². The van der Waals surface area contributed by atoms with Gasteiger partial charge in [-0.25, -0.2) is 0 Å². The van der Waals surface area contributed by atoms with E-state index in [2.05, 4.69) is 15.6 Å². The average molecular weight is 387 g/mol. The van der Waals surface area contributed by atoms with Crippen LogP contribution in [0.1, 0.15) is 49.3 Å². The summed E-state index contributed by atoms with van der Waals surface area (Å²) >= 11 is 0. The van der Waals surface area contributed by atoms with E-state index >= 15 is 0 Å². The Bertz CT molecular complexity index is 1110. The van der Waals surface area contributed by atoms with Gasteiger partial charge in [0.2, 0.25) is 0 Å². The topological polar surface area (TPSA) is 88.2 Å². The lowest BCUT2D eigenvalue weighted by molar-refractivity contribution is 0.100. The Kier molecular flexibility index (Phi) is 5.83. The van der Waals surface area contributed by atoms with Crippen molar-refractivity contribution in [2.75, 3.05) is 10.6 Å². The molecule has 0 aliphatic heterocycles. The van der Waals surface area contributed by atoms with Crippen molar-refractivity contribution in [2.45, 2.75) is 20.8 Å². The molecule has 0 saturated carbocycles. The van der Waals surface area contributed by atoms with Crippen molar-refractivity contribution >= 4 is 29.0 Å². The minimum absolute atomic E-state index is 0.0932. The highest BCUT2D eigenvalue weighted by atomic mass is 16.2. The number of Topliss-reactive ketones (excluding diaryl/α,β-unsaturated/α-hetero) is 1. The maximum Gasteiger partial charge on any atom is 0.274 e. The first-order valence-electron chi connectivity index (χ1n) is 9.11. The van der Waals surface area contributed by atoms with Crippen molar-refractivity contribution in [3.63, 3.8) is 0 Å². The summed E-state index contributed by atoms with van der Waals surface area (Å²) in [7, 11) is 0. The number of hydrogen-bond acceptors (Lipinski definition) is 4. The van der Waals surface area contributed by atoms with Crippen LogP contribution >= 0.6 is 0 Å². The van der Waals surface area contributed by atoms with Crippen LogP contribution in [0.3, 0.4) is 0 Å². The molecule has 2 N–H and O–H groups in total. The van der Waals surface area contributed by atoms with Crippen LogP contribution in [0.15, 0.2) is 60.8 Å². The number of hydrogen-bond donors (Lipinski definition) is 2. The van der Waals surface area contributed by atoms with Gasteiger partial charge in [-0.05, 0) is 62.2 Å². The molecular formula is C23H21N3O3. The normalized spacial score (nSPS) is 10.3. The van der Waals surface area contributed by atoms with Gasteiger partial charge in [-0.15, -0.1) is 0 Å². The smallest absolute Gasteiger partial charge is 0.274 e. The van der Waals surface area contributed by atoms with Crippen molar-refractivity contribution < 1.29 is 14.4 Å². The van der Waals surface area contributed by atoms with Crippen LogP contribution in [0, 0.1) is 13.8 Å². The van der Waals surface area contributed by atoms with Gasteiger partial charge in [-0.2, -0.15) is 0 Å². The van der Waals surface area contributed by atoms with Gasteiger partial charge in [-0.3, -0.25) is 19.4 Å². The monoisotopic (exact) mass is 387 g/mol. The second-order valence-corrected chi connectivity index (χ2v) is 6.72. The quantitative estimate of drug-likeness (QED) is 0.635. The van der Waals surface area contributed by atoms with Gasteiger partial charge in [0.15, 0.2) is 5.78 Å². The van der Waals surface area contributed by atoms with Gasteiger partial charge in [0.1, 0.15) is 5.69 Å². The molecule has 6 nitrogen and oxygen atoms in total. The Balaban J connectivity index is 1.77. The average Bonchev–Trinajstić information content (AvgIpc) is 2.71. The van der Waals surface area contributed by atoms with Crippen molar-refractivity contribution in [3.05, 3.63) is 88.7 Å². The van der Waals surface area contributed by atoms with Crippen LogP contribution in [0.5, 0.6) is 0 Å². The van der Waals surface area contributed by atoms with E-state index < -0.39 is 5.91 Å². The molecule has 0 bridgehead atoms. The SMILES string of the molecule is CC(=O)c1cccc(NC(=O)c2cc(C(=O)Nc3cccc(C)c3C)ccn2)c1. The van der Waals surface area contributed by atoms with Gasteiger partial charge < -0.3 is 10.6 Å². The molecule has 0 aliphatic rings. The molecule has 6 heteroatoms. The first-order chi connectivity index (χ1) is 13.8. The number of aryl methyl sites for hydroxylation is 1. The van der Waals surface area contributed by atoms with Crippen LogP contribution in [0.2, 0.25) is 0 Å². The van der Waals surface area contributed by atoms with E-state index in [9.17, 15) is 14.4 Å². The fourth-order valence-corrected chi connectivity index (χ4v) is 2.79. The summed E-state index contributed by atoms with van der Waals surface area (Å²) in [5.41, 5.74) is 4.19. The molecule has 0 aliphatic carbocycles. The Hall–Kier alpha value is -3.80. The summed E-state index contributed by atoms with van der Waals surface area (Å²) in [6.07, 6.45) is 1.42. The number of benzene rings is 2. The highest BCUT2D eigenvalue weighted by Gasteiger charge is 2.14. The summed E-state index contributed by atoms with van der Waals surface area (Å²) in [5, 5.41) is 5.57. The Labute approximate surface area is 169 Å². The number of pyridine rings is 1. The number of nitrogens with one attached hydrogen (secondary N) is 2. The van der Waals surface area contributed by atoms with E-state index in [1.807, 2.05) is 32.0 Å². The first-order valence-corrected chi connectivity index (χ1v) is 9.11. The van der Waals surface area contributed by atoms with Gasteiger partial charge in [0.05, 0.1) is 0 Å². The highest BCUT2D eigenvalue weighted by Crippen LogP contribution is 2.19. The molecule has 3 aromatic rings. The number of carbonyl (C=O) groups excluding carboxylic acids is 3. The maximum atomic E-state index is 12.6. The minimum atomic E-state index is -0.466. The van der Waals surface area contributed by atoms with E-state index in [1.165, 1.54) is 19.2 Å². The zero-order chi connectivity index (χ0) is 21.0. The molecular weight excluding hydrogens is 366 g/mol. The molecule has 0 fully saturated rings. The zero-order valence-electron chi connectivity index (χ0n) is 16.4. The van der Waals surface area contributed by atoms with Crippen LogP contribution < -0.4 is 10.6 Å². The third-order valence-electron chi connectivity index (χ3n) is 4.63. The fraction of sp³-hybridized carbons (Fsp3) is 0.130. The lowest BCUT2D eigenvalue weighted by atomic mass is 10.1. The standard InChI is InChI=1S/C23H21N3O3/c1-14-6-4-9-20(15(14)2)26-22(28)18-10-11-24-21(13-18)23(29)25-19-8-5-7-17(12-19)16(3)27/h4-13H,1-3H3,(H,25,29)(H,26,28). The Morgan fingerprint density at radius 3 is 2.34 bits per heavy atom. The number of anilines is 2. The Morgan fingerprint density at radius 2 is 1.59 bits per heavy atom. The van der Waals surface area contributed by atoms with E-state index in [1.54, 1.807) is 30.3 Å².